The summed E-state index contributed by atoms with van der Waals surface area (Å²) < 4.78 is 11.2. The summed E-state index contributed by atoms with van der Waals surface area (Å²) in [5.74, 6) is -0.991. The Labute approximate surface area is 155 Å². The minimum atomic E-state index is -0.681. The van der Waals surface area contributed by atoms with Crippen LogP contribution in [0.3, 0.4) is 0 Å². The second kappa shape index (κ2) is 7.91. The third kappa shape index (κ3) is 3.77. The first-order valence-corrected chi connectivity index (χ1v) is 8.64. The highest BCUT2D eigenvalue weighted by atomic mass is 16.5. The van der Waals surface area contributed by atoms with Crippen molar-refractivity contribution < 1.29 is 19.1 Å². The van der Waals surface area contributed by atoms with Crippen molar-refractivity contribution in [1.82, 2.24) is 9.78 Å². The maximum atomic E-state index is 12.8. The Morgan fingerprint density at radius 1 is 1.30 bits per heavy atom. The third-order valence-corrected chi connectivity index (χ3v) is 4.67. The zero-order valence-electron chi connectivity index (χ0n) is 14.9. The lowest BCUT2D eigenvalue weighted by Crippen LogP contribution is -2.25. The van der Waals surface area contributed by atoms with Gasteiger partial charge in [-0.1, -0.05) is 6.42 Å². The van der Waals surface area contributed by atoms with Crippen molar-refractivity contribution in [2.45, 2.75) is 25.7 Å². The van der Waals surface area contributed by atoms with Crippen LogP contribution < -0.4 is 5.56 Å². The number of hydrogen-bond acceptors (Lipinski definition) is 6. The monoisotopic (exact) mass is 369 g/mol. The Hall–Kier alpha value is -3.34. The number of H-pyrrole nitrogens is 1. The minimum absolute atomic E-state index is 0.0137. The van der Waals surface area contributed by atoms with Crippen molar-refractivity contribution in [3.63, 3.8) is 0 Å². The average molecular weight is 369 g/mol. The van der Waals surface area contributed by atoms with E-state index in [0.717, 1.165) is 19.3 Å². The van der Waals surface area contributed by atoms with Gasteiger partial charge in [-0.05, 0) is 37.1 Å². The van der Waals surface area contributed by atoms with E-state index in [1.165, 1.54) is 11.8 Å². The quantitative estimate of drug-likeness (QED) is 0.775. The molecule has 0 amide bonds. The number of hydrogen-bond donors (Lipinski definition) is 1. The third-order valence-electron chi connectivity index (χ3n) is 4.67. The summed E-state index contributed by atoms with van der Waals surface area (Å²) in [4.78, 5) is 36.6. The van der Waals surface area contributed by atoms with Gasteiger partial charge in [-0.3, -0.25) is 14.7 Å². The van der Waals surface area contributed by atoms with Crippen LogP contribution in [0.15, 0.2) is 29.1 Å². The van der Waals surface area contributed by atoms with E-state index in [0.29, 0.717) is 11.3 Å². The molecule has 0 bridgehead atoms. The van der Waals surface area contributed by atoms with Gasteiger partial charge in [0.15, 0.2) is 0 Å². The smallest absolute Gasteiger partial charge is 0.356 e. The maximum absolute atomic E-state index is 12.8. The second-order valence-corrected chi connectivity index (χ2v) is 6.30. The molecule has 2 aromatic rings. The van der Waals surface area contributed by atoms with E-state index in [2.05, 4.69) is 5.10 Å². The van der Waals surface area contributed by atoms with E-state index >= 15 is 0 Å². The Morgan fingerprint density at radius 3 is 2.56 bits per heavy atom. The van der Waals surface area contributed by atoms with Crippen molar-refractivity contribution in [1.29, 1.82) is 5.26 Å². The fraction of sp³-hybridized carbons (Fsp3) is 0.368. The molecule has 1 heterocycles. The lowest BCUT2D eigenvalue weighted by atomic mass is 9.86. The van der Waals surface area contributed by atoms with Crippen LogP contribution in [-0.2, 0) is 20.7 Å². The molecule has 1 aromatic carbocycles. The number of carbonyl (C=O) groups excluding carboxylic acids is 2. The number of nitrogens with one attached hydrogen (secondary N) is 1. The lowest BCUT2D eigenvalue weighted by Gasteiger charge is -2.22. The largest absolute Gasteiger partial charge is 0.465 e. The van der Waals surface area contributed by atoms with Crippen LogP contribution in [0.5, 0.6) is 0 Å². The van der Waals surface area contributed by atoms with Gasteiger partial charge in [-0.25, -0.2) is 9.48 Å². The van der Waals surface area contributed by atoms with Gasteiger partial charge in [0.2, 0.25) is 0 Å². The van der Waals surface area contributed by atoms with Crippen molar-refractivity contribution in [3.05, 3.63) is 51.4 Å². The second-order valence-electron chi connectivity index (χ2n) is 6.30. The van der Waals surface area contributed by atoms with E-state index < -0.39 is 11.5 Å². The van der Waals surface area contributed by atoms with Crippen molar-refractivity contribution in [3.8, 4) is 11.8 Å². The van der Waals surface area contributed by atoms with Crippen LogP contribution >= 0.6 is 0 Å². The molecule has 1 saturated carbocycles. The number of nitriles is 1. The maximum Gasteiger partial charge on any atom is 0.356 e. The van der Waals surface area contributed by atoms with Gasteiger partial charge in [0.05, 0.1) is 42.5 Å². The van der Waals surface area contributed by atoms with Crippen LogP contribution in [0.4, 0.5) is 0 Å². The summed E-state index contributed by atoms with van der Waals surface area (Å²) in [5, 5.41) is 11.6. The topological polar surface area (TPSA) is 114 Å². The van der Waals surface area contributed by atoms with Gasteiger partial charge in [-0.15, -0.1) is 0 Å². The number of carbonyl (C=O) groups is 2. The number of methoxy groups -OCH3 is 1. The normalized spacial score (nSPS) is 13.5. The highest BCUT2D eigenvalue weighted by Gasteiger charge is 2.27. The van der Waals surface area contributed by atoms with Gasteiger partial charge in [-0.2, -0.15) is 5.26 Å². The molecule has 1 fully saturated rings. The Bertz CT molecular complexity index is 945. The highest BCUT2D eigenvalue weighted by Crippen LogP contribution is 2.27. The average Bonchev–Trinajstić information content (AvgIpc) is 2.96. The zero-order valence-corrected chi connectivity index (χ0v) is 14.9. The predicted octanol–water partition coefficient (Wildman–Crippen LogP) is 1.71. The first-order valence-electron chi connectivity index (χ1n) is 8.64. The molecule has 0 radical (unpaired) electrons. The van der Waals surface area contributed by atoms with Crippen LogP contribution in [0.25, 0.3) is 5.69 Å². The molecular formula is C19H19N3O5. The number of esters is 2. The van der Waals surface area contributed by atoms with Crippen molar-refractivity contribution >= 4 is 11.9 Å². The number of benzene rings is 1. The molecule has 1 aliphatic carbocycles. The van der Waals surface area contributed by atoms with Gasteiger partial charge < -0.3 is 9.47 Å². The molecule has 0 unspecified atom stereocenters. The summed E-state index contributed by atoms with van der Waals surface area (Å²) in [5.41, 5.74) is 0.704. The van der Waals surface area contributed by atoms with Gasteiger partial charge in [0.25, 0.3) is 5.56 Å². The van der Waals surface area contributed by atoms with E-state index in [1.807, 2.05) is 6.07 Å². The number of rotatable bonds is 6. The number of aromatic amines is 1. The molecule has 27 heavy (non-hydrogen) atoms. The van der Waals surface area contributed by atoms with Crippen molar-refractivity contribution in [2.24, 2.45) is 5.92 Å². The summed E-state index contributed by atoms with van der Waals surface area (Å²) >= 11 is 0. The van der Waals surface area contributed by atoms with Crippen LogP contribution in [0.2, 0.25) is 0 Å². The molecule has 8 nitrogen and oxygen atoms in total. The number of nitrogens with zero attached hydrogens (tertiary/aromatic N) is 2. The standard InChI is InChI=1S/C19H19N3O5/c1-26-19(25)16-15(9-10-27-18(24)13-3-2-4-13)17(23)22(21-16)14-7-5-12(11-20)6-8-14/h5-8,13,21H,2-4,9-10H2,1H3. The Kier molecular flexibility index (Phi) is 5.41. The minimum Gasteiger partial charge on any atom is -0.465 e. The fourth-order valence-corrected chi connectivity index (χ4v) is 2.86. The van der Waals surface area contributed by atoms with Crippen LogP contribution in [-0.4, -0.2) is 35.4 Å². The SMILES string of the molecule is COC(=O)c1[nH]n(-c2ccc(C#N)cc2)c(=O)c1CCOC(=O)C1CCC1. The number of aromatic nitrogens is 2. The van der Waals surface area contributed by atoms with E-state index in [4.69, 9.17) is 14.7 Å². The molecule has 3 rings (SSSR count). The molecule has 0 aliphatic heterocycles. The number of ether oxygens (including phenoxy) is 2. The fourth-order valence-electron chi connectivity index (χ4n) is 2.86. The molecule has 0 spiro atoms. The predicted molar refractivity (Wildman–Crippen MR) is 94.4 cm³/mol. The highest BCUT2D eigenvalue weighted by molar-refractivity contribution is 5.88. The molecule has 1 N–H and O–H groups in total. The first-order chi connectivity index (χ1) is 13.0. The van der Waals surface area contributed by atoms with Gasteiger partial charge in [0, 0.05) is 6.42 Å². The summed E-state index contributed by atoms with van der Waals surface area (Å²) in [6.07, 6.45) is 2.80. The van der Waals surface area contributed by atoms with E-state index in [1.54, 1.807) is 24.3 Å². The molecule has 0 saturated heterocycles. The van der Waals surface area contributed by atoms with Crippen molar-refractivity contribution in [2.75, 3.05) is 13.7 Å². The molecule has 1 aliphatic rings. The van der Waals surface area contributed by atoms with Gasteiger partial charge >= 0.3 is 11.9 Å². The molecule has 1 aromatic heterocycles. The molecule has 0 atom stereocenters. The Balaban J connectivity index is 1.83. The molecule has 140 valence electrons. The van der Waals surface area contributed by atoms with E-state index in [9.17, 15) is 14.4 Å². The summed E-state index contributed by atoms with van der Waals surface area (Å²) in [6.45, 7) is 0.0137. The van der Waals surface area contributed by atoms with Gasteiger partial charge in [0.1, 0.15) is 5.69 Å². The van der Waals surface area contributed by atoms with E-state index in [-0.39, 0.29) is 36.2 Å². The lowest BCUT2D eigenvalue weighted by molar-refractivity contribution is -0.151. The zero-order chi connectivity index (χ0) is 19.4. The Morgan fingerprint density at radius 2 is 2.00 bits per heavy atom. The summed E-state index contributed by atoms with van der Waals surface area (Å²) in [7, 11) is 1.22. The van der Waals surface area contributed by atoms with Crippen LogP contribution in [0.1, 0.15) is 40.9 Å². The molecule has 8 heteroatoms. The van der Waals surface area contributed by atoms with Crippen LogP contribution in [0, 0.1) is 17.2 Å². The summed E-state index contributed by atoms with van der Waals surface area (Å²) in [6, 6.07) is 8.33. The molecular weight excluding hydrogens is 350 g/mol. The first kappa shape index (κ1) is 18.5.